The minimum Gasteiger partial charge on any atom is -0.394 e. The van der Waals surface area contributed by atoms with Crippen LogP contribution in [0.15, 0.2) is 91.8 Å². The molecule has 4 heterocycles. The van der Waals surface area contributed by atoms with Gasteiger partial charge in [0.2, 0.25) is 0 Å². The summed E-state index contributed by atoms with van der Waals surface area (Å²) in [4.78, 5) is 22.9. The van der Waals surface area contributed by atoms with Gasteiger partial charge >= 0.3 is 0 Å². The predicted molar refractivity (Wildman–Crippen MR) is 125 cm³/mol. The highest BCUT2D eigenvalue weighted by molar-refractivity contribution is 5.83. The molecule has 0 bridgehead atoms. The van der Waals surface area contributed by atoms with Crippen LogP contribution in [0.4, 0.5) is 11.6 Å². The van der Waals surface area contributed by atoms with Crippen LogP contribution >= 0.6 is 0 Å². The number of aliphatic hydroxyl groups excluding tert-OH is 1. The van der Waals surface area contributed by atoms with Crippen LogP contribution in [-0.2, 0) is 6.42 Å². The number of rotatable bonds is 7. The Kier molecular flexibility index (Phi) is 5.55. The van der Waals surface area contributed by atoms with Crippen LogP contribution in [0, 0.1) is 0 Å². The largest absolute Gasteiger partial charge is 0.394 e. The summed E-state index contributed by atoms with van der Waals surface area (Å²) in [5.41, 5.74) is 3.93. The van der Waals surface area contributed by atoms with Crippen LogP contribution in [0.2, 0.25) is 0 Å². The summed E-state index contributed by atoms with van der Waals surface area (Å²) >= 11 is 0. The van der Waals surface area contributed by atoms with Crippen molar-refractivity contribution in [2.24, 2.45) is 0 Å². The molecule has 4 aromatic heterocycles. The van der Waals surface area contributed by atoms with Crippen molar-refractivity contribution in [3.8, 4) is 11.3 Å². The van der Waals surface area contributed by atoms with E-state index in [1.165, 1.54) is 6.33 Å². The number of pyridine rings is 2. The van der Waals surface area contributed by atoms with Gasteiger partial charge in [0.1, 0.15) is 18.0 Å². The summed E-state index contributed by atoms with van der Waals surface area (Å²) < 4.78 is 0. The van der Waals surface area contributed by atoms with Gasteiger partial charge in [-0.25, -0.2) is 15.0 Å². The number of hydrogen-bond acceptors (Lipinski definition) is 6. The molecule has 0 aliphatic rings. The third kappa shape index (κ3) is 3.93. The summed E-state index contributed by atoms with van der Waals surface area (Å²) in [5.74, 6) is 1.37. The van der Waals surface area contributed by atoms with Gasteiger partial charge < -0.3 is 15.0 Å². The molecule has 1 unspecified atom stereocenters. The SMILES string of the molecule is OCC(Cc1c[nH]c2ccccc12)N(c1ccncn1)c1cccc(-c2cccnc2)n1. The molecule has 0 saturated heterocycles. The van der Waals surface area contributed by atoms with Crippen molar-refractivity contribution >= 4 is 22.5 Å². The molecular weight excluding hydrogens is 400 g/mol. The van der Waals surface area contributed by atoms with Gasteiger partial charge in [0.25, 0.3) is 0 Å². The summed E-state index contributed by atoms with van der Waals surface area (Å²) in [6.45, 7) is -0.0672. The molecule has 32 heavy (non-hydrogen) atoms. The Morgan fingerprint density at radius 3 is 2.66 bits per heavy atom. The van der Waals surface area contributed by atoms with E-state index in [-0.39, 0.29) is 12.6 Å². The maximum Gasteiger partial charge on any atom is 0.137 e. The molecule has 0 aliphatic heterocycles. The molecule has 5 aromatic rings. The molecule has 7 heteroatoms. The predicted octanol–water partition coefficient (Wildman–Crippen LogP) is 4.16. The highest BCUT2D eigenvalue weighted by atomic mass is 16.3. The van der Waals surface area contributed by atoms with Crippen LogP contribution in [0.25, 0.3) is 22.2 Å². The number of aromatic nitrogens is 5. The number of H-pyrrole nitrogens is 1. The molecule has 0 spiro atoms. The fourth-order valence-corrected chi connectivity index (χ4v) is 3.94. The molecule has 0 radical (unpaired) electrons. The average molecular weight is 422 g/mol. The number of para-hydroxylation sites is 1. The number of benzene rings is 1. The number of nitrogens with one attached hydrogen (secondary N) is 1. The molecule has 1 atom stereocenters. The molecule has 5 rings (SSSR count). The monoisotopic (exact) mass is 422 g/mol. The van der Waals surface area contributed by atoms with Gasteiger partial charge in [0, 0.05) is 41.3 Å². The summed E-state index contributed by atoms with van der Waals surface area (Å²) in [6.07, 6.45) is 9.35. The first-order valence-electron chi connectivity index (χ1n) is 10.4. The molecule has 2 N–H and O–H groups in total. The Morgan fingerprint density at radius 1 is 0.906 bits per heavy atom. The summed E-state index contributed by atoms with van der Waals surface area (Å²) in [6, 6.07) is 19.4. The van der Waals surface area contributed by atoms with Crippen molar-refractivity contribution in [3.63, 3.8) is 0 Å². The number of aliphatic hydroxyl groups is 1. The van der Waals surface area contributed by atoms with E-state index < -0.39 is 0 Å². The lowest BCUT2D eigenvalue weighted by molar-refractivity contribution is 0.263. The van der Waals surface area contributed by atoms with E-state index in [0.717, 1.165) is 27.7 Å². The third-order valence-corrected chi connectivity index (χ3v) is 5.46. The molecule has 1 aromatic carbocycles. The topological polar surface area (TPSA) is 90.8 Å². The quantitative estimate of drug-likeness (QED) is 0.409. The number of nitrogens with zero attached hydrogens (tertiary/aromatic N) is 5. The number of aromatic amines is 1. The molecule has 0 amide bonds. The fourth-order valence-electron chi connectivity index (χ4n) is 3.94. The van der Waals surface area contributed by atoms with Gasteiger partial charge in [-0.05, 0) is 48.4 Å². The van der Waals surface area contributed by atoms with E-state index in [2.05, 4.69) is 26.0 Å². The zero-order valence-corrected chi connectivity index (χ0v) is 17.3. The highest BCUT2D eigenvalue weighted by Gasteiger charge is 2.24. The molecule has 7 nitrogen and oxygen atoms in total. The van der Waals surface area contributed by atoms with E-state index in [4.69, 9.17) is 4.98 Å². The van der Waals surface area contributed by atoms with Crippen molar-refractivity contribution in [2.75, 3.05) is 11.5 Å². The lowest BCUT2D eigenvalue weighted by Gasteiger charge is -2.31. The zero-order chi connectivity index (χ0) is 21.8. The maximum absolute atomic E-state index is 10.4. The summed E-state index contributed by atoms with van der Waals surface area (Å²) in [5, 5.41) is 11.6. The van der Waals surface area contributed by atoms with E-state index in [0.29, 0.717) is 18.1 Å². The second-order valence-electron chi connectivity index (χ2n) is 7.46. The summed E-state index contributed by atoms with van der Waals surface area (Å²) in [7, 11) is 0. The highest BCUT2D eigenvalue weighted by Crippen LogP contribution is 2.29. The average Bonchev–Trinajstić information content (AvgIpc) is 3.28. The van der Waals surface area contributed by atoms with Gasteiger partial charge in [-0.1, -0.05) is 24.3 Å². The van der Waals surface area contributed by atoms with Crippen LogP contribution < -0.4 is 4.90 Å². The first-order chi connectivity index (χ1) is 15.8. The fraction of sp³-hybridized carbons (Fsp3) is 0.120. The van der Waals surface area contributed by atoms with E-state index >= 15 is 0 Å². The molecule has 0 aliphatic carbocycles. The molecule has 158 valence electrons. The Balaban J connectivity index is 1.56. The van der Waals surface area contributed by atoms with Crippen molar-refractivity contribution in [2.45, 2.75) is 12.5 Å². The lowest BCUT2D eigenvalue weighted by Crippen LogP contribution is -2.37. The minimum absolute atomic E-state index is 0.0672. The molecular formula is C25H22N6O. The van der Waals surface area contributed by atoms with Crippen molar-refractivity contribution in [1.82, 2.24) is 24.9 Å². The second kappa shape index (κ2) is 8.95. The standard InChI is InChI=1S/C25H22N6O/c32-16-20(13-19-15-28-23-7-2-1-6-21(19)23)31(24-10-12-27-17-29-24)25-9-3-8-22(30-25)18-5-4-11-26-14-18/h1-12,14-15,17,20,28,32H,13,16H2. The minimum atomic E-state index is -0.277. The number of fused-ring (bicyclic) bond motifs is 1. The smallest absolute Gasteiger partial charge is 0.137 e. The van der Waals surface area contributed by atoms with Crippen LogP contribution in [0.5, 0.6) is 0 Å². The maximum atomic E-state index is 10.4. The molecule has 0 fully saturated rings. The zero-order valence-electron chi connectivity index (χ0n) is 17.3. The van der Waals surface area contributed by atoms with Crippen molar-refractivity contribution in [3.05, 3.63) is 97.3 Å². The van der Waals surface area contributed by atoms with Gasteiger partial charge in [-0.3, -0.25) is 4.98 Å². The normalized spacial score (nSPS) is 12.0. The van der Waals surface area contributed by atoms with Gasteiger partial charge in [0.05, 0.1) is 18.3 Å². The molecule has 0 saturated carbocycles. The Labute approximate surface area is 185 Å². The third-order valence-electron chi connectivity index (χ3n) is 5.46. The van der Waals surface area contributed by atoms with Gasteiger partial charge in [-0.2, -0.15) is 0 Å². The van der Waals surface area contributed by atoms with Crippen LogP contribution in [0.1, 0.15) is 5.56 Å². The first-order valence-corrected chi connectivity index (χ1v) is 10.4. The van der Waals surface area contributed by atoms with Crippen LogP contribution in [0.3, 0.4) is 0 Å². The number of anilines is 2. The lowest BCUT2D eigenvalue weighted by atomic mass is 10.0. The van der Waals surface area contributed by atoms with Crippen molar-refractivity contribution in [1.29, 1.82) is 0 Å². The van der Waals surface area contributed by atoms with Crippen LogP contribution in [-0.4, -0.2) is 42.7 Å². The van der Waals surface area contributed by atoms with E-state index in [1.54, 1.807) is 18.6 Å². The Hall–Kier alpha value is -4.10. The van der Waals surface area contributed by atoms with E-state index in [9.17, 15) is 5.11 Å². The Bertz CT molecular complexity index is 1310. The van der Waals surface area contributed by atoms with Gasteiger partial charge in [-0.15, -0.1) is 0 Å². The first kappa shape index (κ1) is 19.8. The van der Waals surface area contributed by atoms with E-state index in [1.807, 2.05) is 65.7 Å². The van der Waals surface area contributed by atoms with Crippen molar-refractivity contribution < 1.29 is 5.11 Å². The number of hydrogen-bond donors (Lipinski definition) is 2. The van der Waals surface area contributed by atoms with Gasteiger partial charge in [0.15, 0.2) is 0 Å². The Morgan fingerprint density at radius 2 is 1.84 bits per heavy atom. The second-order valence-corrected chi connectivity index (χ2v) is 7.46.